The van der Waals surface area contributed by atoms with E-state index in [1.165, 1.54) is 7.11 Å². The Kier molecular flexibility index (Phi) is 4.98. The molecule has 0 saturated carbocycles. The molecule has 1 aromatic carbocycles. The summed E-state index contributed by atoms with van der Waals surface area (Å²) in [6.45, 7) is 1.28. The molecule has 0 aromatic heterocycles. The van der Waals surface area contributed by atoms with E-state index in [2.05, 4.69) is 4.74 Å². The van der Waals surface area contributed by atoms with Gasteiger partial charge in [-0.05, 0) is 18.4 Å². The Hall–Kier alpha value is -2.04. The zero-order chi connectivity index (χ0) is 14.4. The second kappa shape index (κ2) is 6.93. The Morgan fingerprint density at radius 3 is 2.75 bits per heavy atom. The molecule has 5 nitrogen and oxygen atoms in total. The van der Waals surface area contributed by atoms with E-state index in [0.29, 0.717) is 13.1 Å². The average Bonchev–Trinajstić information content (AvgIpc) is 2.53. The van der Waals surface area contributed by atoms with Crippen LogP contribution in [0.4, 0.5) is 4.79 Å². The van der Waals surface area contributed by atoms with E-state index in [4.69, 9.17) is 4.74 Å². The van der Waals surface area contributed by atoms with Crippen molar-refractivity contribution < 1.29 is 19.1 Å². The minimum atomic E-state index is -0.384. The van der Waals surface area contributed by atoms with E-state index >= 15 is 0 Å². The van der Waals surface area contributed by atoms with Crippen LogP contribution < -0.4 is 0 Å². The molecule has 0 N–H and O–H groups in total. The van der Waals surface area contributed by atoms with Gasteiger partial charge in [0.25, 0.3) is 0 Å². The molecule has 2 rings (SSSR count). The molecule has 5 heteroatoms. The third kappa shape index (κ3) is 3.73. The predicted molar refractivity (Wildman–Crippen MR) is 72.9 cm³/mol. The number of hydrogen-bond donors (Lipinski definition) is 0. The van der Waals surface area contributed by atoms with Crippen LogP contribution in [0.5, 0.6) is 0 Å². The highest BCUT2D eigenvalue weighted by atomic mass is 16.5. The van der Waals surface area contributed by atoms with Crippen molar-refractivity contribution in [1.82, 2.24) is 4.90 Å². The van der Waals surface area contributed by atoms with Gasteiger partial charge in [0.2, 0.25) is 0 Å². The fraction of sp³-hybridized carbons (Fsp3) is 0.467. The molecule has 0 radical (unpaired) electrons. The van der Waals surface area contributed by atoms with Gasteiger partial charge in [0.05, 0.1) is 13.0 Å². The number of ether oxygens (including phenoxy) is 2. The lowest BCUT2D eigenvalue weighted by molar-refractivity contribution is -0.151. The number of nitrogens with zero attached hydrogens (tertiary/aromatic N) is 1. The van der Waals surface area contributed by atoms with Gasteiger partial charge >= 0.3 is 12.1 Å². The highest BCUT2D eigenvalue weighted by Gasteiger charge is 2.29. The maximum absolute atomic E-state index is 12.0. The first-order chi connectivity index (χ1) is 9.70. The molecule has 108 valence electrons. The first-order valence-electron chi connectivity index (χ1n) is 6.74. The Balaban J connectivity index is 1.84. The summed E-state index contributed by atoms with van der Waals surface area (Å²) < 4.78 is 9.99. The molecule has 20 heavy (non-hydrogen) atoms. The van der Waals surface area contributed by atoms with Crippen molar-refractivity contribution in [1.29, 1.82) is 0 Å². The van der Waals surface area contributed by atoms with Crippen molar-refractivity contribution in [3.05, 3.63) is 35.9 Å². The van der Waals surface area contributed by atoms with Gasteiger partial charge in [0.15, 0.2) is 0 Å². The number of piperidine rings is 1. The van der Waals surface area contributed by atoms with Crippen LogP contribution in [0.25, 0.3) is 0 Å². The van der Waals surface area contributed by atoms with Crippen LogP contribution in [-0.4, -0.2) is 37.2 Å². The third-order valence-corrected chi connectivity index (χ3v) is 3.41. The molecule has 0 bridgehead atoms. The van der Waals surface area contributed by atoms with Crippen molar-refractivity contribution in [2.24, 2.45) is 5.92 Å². The quantitative estimate of drug-likeness (QED) is 0.795. The molecule has 1 aliphatic rings. The summed E-state index contributed by atoms with van der Waals surface area (Å²) >= 11 is 0. The monoisotopic (exact) mass is 277 g/mol. The lowest BCUT2D eigenvalue weighted by Gasteiger charge is -2.30. The number of hydrogen-bond acceptors (Lipinski definition) is 4. The molecule has 1 atom stereocenters. The standard InChI is InChI=1S/C15H19NO4/c1-19-15(18)16-9-5-8-13(10-16)14(17)20-11-12-6-3-2-4-7-12/h2-4,6-7,13H,5,8-11H2,1H3. The maximum Gasteiger partial charge on any atom is 0.409 e. The largest absolute Gasteiger partial charge is 0.461 e. The third-order valence-electron chi connectivity index (χ3n) is 3.41. The van der Waals surface area contributed by atoms with Gasteiger partial charge in [-0.15, -0.1) is 0 Å². The summed E-state index contributed by atoms with van der Waals surface area (Å²) in [5, 5.41) is 0. The molecular weight excluding hydrogens is 258 g/mol. The van der Waals surface area contributed by atoms with Crippen LogP contribution in [-0.2, 0) is 20.9 Å². The SMILES string of the molecule is COC(=O)N1CCCC(C(=O)OCc2ccccc2)C1. The van der Waals surface area contributed by atoms with E-state index in [9.17, 15) is 9.59 Å². The minimum Gasteiger partial charge on any atom is -0.461 e. The van der Waals surface area contributed by atoms with E-state index in [1.54, 1.807) is 4.90 Å². The fourth-order valence-corrected chi connectivity index (χ4v) is 2.31. The molecule has 1 fully saturated rings. The predicted octanol–water partition coefficient (Wildman–Crippen LogP) is 2.21. The lowest BCUT2D eigenvalue weighted by Crippen LogP contribution is -2.42. The number of carbonyl (C=O) groups excluding carboxylic acids is 2. The highest BCUT2D eigenvalue weighted by molar-refractivity contribution is 5.74. The van der Waals surface area contributed by atoms with Crippen LogP contribution in [0.3, 0.4) is 0 Å². The lowest BCUT2D eigenvalue weighted by atomic mass is 9.98. The molecule has 0 spiro atoms. The number of amides is 1. The highest BCUT2D eigenvalue weighted by Crippen LogP contribution is 2.19. The van der Waals surface area contributed by atoms with Gasteiger partial charge in [0.1, 0.15) is 6.61 Å². The van der Waals surface area contributed by atoms with Crippen LogP contribution >= 0.6 is 0 Å². The Bertz CT molecular complexity index is 460. The van der Waals surface area contributed by atoms with Crippen molar-refractivity contribution in [2.75, 3.05) is 20.2 Å². The summed E-state index contributed by atoms with van der Waals surface area (Å²) in [5.74, 6) is -0.506. The summed E-state index contributed by atoms with van der Waals surface area (Å²) in [4.78, 5) is 25.0. The molecule has 1 aromatic rings. The van der Waals surface area contributed by atoms with E-state index in [0.717, 1.165) is 18.4 Å². The number of likely N-dealkylation sites (tertiary alicyclic amines) is 1. The van der Waals surface area contributed by atoms with E-state index < -0.39 is 0 Å². The Labute approximate surface area is 118 Å². The first-order valence-corrected chi connectivity index (χ1v) is 6.74. The topological polar surface area (TPSA) is 55.8 Å². The number of methoxy groups -OCH3 is 1. The molecule has 1 amide bonds. The number of carbonyl (C=O) groups is 2. The molecule has 1 unspecified atom stereocenters. The molecule has 1 saturated heterocycles. The van der Waals surface area contributed by atoms with Crippen LogP contribution in [0.2, 0.25) is 0 Å². The van der Waals surface area contributed by atoms with Crippen LogP contribution in [0.15, 0.2) is 30.3 Å². The zero-order valence-electron chi connectivity index (χ0n) is 11.6. The second-order valence-electron chi connectivity index (χ2n) is 4.85. The van der Waals surface area contributed by atoms with Gasteiger partial charge in [-0.25, -0.2) is 4.79 Å². The van der Waals surface area contributed by atoms with Crippen LogP contribution in [0, 0.1) is 5.92 Å². The van der Waals surface area contributed by atoms with Gasteiger partial charge in [-0.3, -0.25) is 4.79 Å². The Morgan fingerprint density at radius 2 is 2.05 bits per heavy atom. The van der Waals surface area contributed by atoms with Gasteiger partial charge in [-0.2, -0.15) is 0 Å². The number of rotatable bonds is 3. The molecule has 0 aliphatic carbocycles. The Morgan fingerprint density at radius 1 is 1.30 bits per heavy atom. The molecule has 1 heterocycles. The van der Waals surface area contributed by atoms with Crippen LogP contribution in [0.1, 0.15) is 18.4 Å². The number of benzene rings is 1. The van der Waals surface area contributed by atoms with Gasteiger partial charge < -0.3 is 14.4 Å². The first kappa shape index (κ1) is 14.4. The average molecular weight is 277 g/mol. The minimum absolute atomic E-state index is 0.248. The van der Waals surface area contributed by atoms with Crippen molar-refractivity contribution in [3.8, 4) is 0 Å². The van der Waals surface area contributed by atoms with Crippen molar-refractivity contribution in [2.45, 2.75) is 19.4 Å². The van der Waals surface area contributed by atoms with Gasteiger partial charge in [-0.1, -0.05) is 30.3 Å². The summed E-state index contributed by atoms with van der Waals surface area (Å²) in [5.41, 5.74) is 0.960. The summed E-state index contributed by atoms with van der Waals surface area (Å²) in [7, 11) is 1.35. The fourth-order valence-electron chi connectivity index (χ4n) is 2.31. The van der Waals surface area contributed by atoms with Crippen molar-refractivity contribution >= 4 is 12.1 Å². The normalized spacial score (nSPS) is 18.4. The maximum atomic E-state index is 12.0. The molecular formula is C15H19NO4. The smallest absolute Gasteiger partial charge is 0.409 e. The van der Waals surface area contributed by atoms with E-state index in [-0.39, 0.29) is 24.6 Å². The summed E-state index contributed by atoms with van der Waals surface area (Å²) in [6, 6.07) is 9.55. The summed E-state index contributed by atoms with van der Waals surface area (Å²) in [6.07, 6.45) is 1.16. The van der Waals surface area contributed by atoms with E-state index in [1.807, 2.05) is 30.3 Å². The molecule has 1 aliphatic heterocycles. The number of esters is 1. The van der Waals surface area contributed by atoms with Gasteiger partial charge in [0, 0.05) is 13.1 Å². The zero-order valence-corrected chi connectivity index (χ0v) is 11.6. The van der Waals surface area contributed by atoms with Crippen molar-refractivity contribution in [3.63, 3.8) is 0 Å². The second-order valence-corrected chi connectivity index (χ2v) is 4.85.